The van der Waals surface area contributed by atoms with Gasteiger partial charge in [-0.1, -0.05) is 0 Å². The van der Waals surface area contributed by atoms with Gasteiger partial charge in [0, 0.05) is 38.9 Å². The molecule has 1 aliphatic heterocycles. The maximum Gasteiger partial charge on any atom is 0.191 e. The molecule has 24 heavy (non-hydrogen) atoms. The fourth-order valence-electron chi connectivity index (χ4n) is 2.63. The van der Waals surface area contributed by atoms with Crippen LogP contribution in [0.4, 0.5) is 0 Å². The number of aliphatic imine (C=N–C) groups is 1. The van der Waals surface area contributed by atoms with Crippen LogP contribution in [0.25, 0.3) is 0 Å². The van der Waals surface area contributed by atoms with Gasteiger partial charge < -0.3 is 24.5 Å². The highest BCUT2D eigenvalue weighted by atomic mass is 127. The molecule has 1 aromatic rings. The van der Waals surface area contributed by atoms with Gasteiger partial charge in [0.15, 0.2) is 5.96 Å². The van der Waals surface area contributed by atoms with E-state index in [1.807, 2.05) is 13.8 Å². The molecule has 7 heteroatoms. The van der Waals surface area contributed by atoms with Crippen LogP contribution in [0, 0.1) is 13.8 Å². The van der Waals surface area contributed by atoms with Gasteiger partial charge in [0.2, 0.25) is 0 Å². The van der Waals surface area contributed by atoms with E-state index in [9.17, 15) is 0 Å². The zero-order valence-electron chi connectivity index (χ0n) is 14.9. The number of nitrogens with one attached hydrogen (secondary N) is 2. The number of hydrogen-bond acceptors (Lipinski definition) is 4. The van der Waals surface area contributed by atoms with Gasteiger partial charge in [-0.2, -0.15) is 0 Å². The van der Waals surface area contributed by atoms with Crippen molar-refractivity contribution >= 4 is 29.9 Å². The summed E-state index contributed by atoms with van der Waals surface area (Å²) >= 11 is 0. The molecule has 0 amide bonds. The first-order chi connectivity index (χ1) is 11.2. The smallest absolute Gasteiger partial charge is 0.191 e. The summed E-state index contributed by atoms with van der Waals surface area (Å²) < 4.78 is 16.7. The van der Waals surface area contributed by atoms with Crippen molar-refractivity contribution in [3.8, 4) is 0 Å². The van der Waals surface area contributed by atoms with E-state index in [1.165, 1.54) is 0 Å². The zero-order chi connectivity index (χ0) is 16.5. The van der Waals surface area contributed by atoms with Gasteiger partial charge in [-0.05, 0) is 39.2 Å². The molecule has 138 valence electrons. The first kappa shape index (κ1) is 21.2. The lowest BCUT2D eigenvalue weighted by Crippen LogP contribution is -2.37. The van der Waals surface area contributed by atoms with Gasteiger partial charge in [0.1, 0.15) is 11.5 Å². The highest BCUT2D eigenvalue weighted by Gasteiger charge is 2.14. The largest absolute Gasteiger partial charge is 0.466 e. The molecule has 0 spiro atoms. The van der Waals surface area contributed by atoms with Crippen molar-refractivity contribution in [3.05, 3.63) is 23.2 Å². The molecular weight excluding hydrogens is 421 g/mol. The highest BCUT2D eigenvalue weighted by molar-refractivity contribution is 14.0. The summed E-state index contributed by atoms with van der Waals surface area (Å²) in [7, 11) is 1.77. The van der Waals surface area contributed by atoms with Crippen LogP contribution in [-0.2, 0) is 16.0 Å². The third kappa shape index (κ3) is 7.40. The first-order valence-electron chi connectivity index (χ1n) is 8.39. The minimum absolute atomic E-state index is 0. The van der Waals surface area contributed by atoms with E-state index >= 15 is 0 Å². The van der Waals surface area contributed by atoms with Crippen molar-refractivity contribution in [3.63, 3.8) is 0 Å². The second-order valence-electron chi connectivity index (χ2n) is 5.85. The minimum Gasteiger partial charge on any atom is -0.466 e. The lowest BCUT2D eigenvalue weighted by Gasteiger charge is -2.12. The molecule has 0 saturated carbocycles. The zero-order valence-corrected chi connectivity index (χ0v) is 17.2. The number of hydrogen-bond donors (Lipinski definition) is 2. The lowest BCUT2D eigenvalue weighted by molar-refractivity contribution is 0.0168. The van der Waals surface area contributed by atoms with Crippen LogP contribution in [0.2, 0.25) is 0 Å². The topological polar surface area (TPSA) is 68.0 Å². The van der Waals surface area contributed by atoms with Gasteiger partial charge in [-0.3, -0.25) is 4.99 Å². The number of rotatable bonds is 8. The van der Waals surface area contributed by atoms with Crippen LogP contribution in [0.3, 0.4) is 0 Å². The van der Waals surface area contributed by atoms with Crippen molar-refractivity contribution in [2.75, 3.05) is 33.4 Å². The summed E-state index contributed by atoms with van der Waals surface area (Å²) in [5.74, 6) is 2.68. The Morgan fingerprint density at radius 1 is 1.38 bits per heavy atom. The molecule has 0 aromatic carbocycles. The Morgan fingerprint density at radius 3 is 2.83 bits per heavy atom. The number of aryl methyl sites for hydroxylation is 2. The average Bonchev–Trinajstić information content (AvgIpc) is 3.15. The van der Waals surface area contributed by atoms with Crippen molar-refractivity contribution in [2.24, 2.45) is 4.99 Å². The first-order valence-corrected chi connectivity index (χ1v) is 8.39. The molecule has 0 bridgehead atoms. The van der Waals surface area contributed by atoms with E-state index in [-0.39, 0.29) is 24.0 Å². The molecular formula is C17H30IN3O3. The van der Waals surface area contributed by atoms with Gasteiger partial charge >= 0.3 is 0 Å². The van der Waals surface area contributed by atoms with Gasteiger partial charge in [-0.15, -0.1) is 24.0 Å². The molecule has 1 aromatic heterocycles. The molecule has 0 aliphatic carbocycles. The van der Waals surface area contributed by atoms with Crippen molar-refractivity contribution in [1.82, 2.24) is 10.6 Å². The summed E-state index contributed by atoms with van der Waals surface area (Å²) in [5, 5.41) is 6.59. The predicted molar refractivity (Wildman–Crippen MR) is 106 cm³/mol. The van der Waals surface area contributed by atoms with Crippen molar-refractivity contribution < 1.29 is 13.9 Å². The number of ether oxygens (including phenoxy) is 2. The quantitative estimate of drug-likeness (QED) is 0.276. The van der Waals surface area contributed by atoms with Crippen LogP contribution in [0.5, 0.6) is 0 Å². The van der Waals surface area contributed by atoms with Gasteiger partial charge in [0.05, 0.1) is 12.7 Å². The van der Waals surface area contributed by atoms with Gasteiger partial charge in [-0.25, -0.2) is 0 Å². The summed E-state index contributed by atoms with van der Waals surface area (Å²) in [6.07, 6.45) is 3.53. The predicted octanol–water partition coefficient (Wildman–Crippen LogP) is 2.77. The van der Waals surface area contributed by atoms with E-state index in [1.54, 1.807) is 7.05 Å². The van der Waals surface area contributed by atoms with Gasteiger partial charge in [0.25, 0.3) is 0 Å². The fourth-order valence-corrected chi connectivity index (χ4v) is 2.63. The fraction of sp³-hybridized carbons (Fsp3) is 0.706. The van der Waals surface area contributed by atoms with Crippen LogP contribution in [0.15, 0.2) is 15.5 Å². The molecule has 0 radical (unpaired) electrons. The third-order valence-electron chi connectivity index (χ3n) is 3.90. The summed E-state index contributed by atoms with van der Waals surface area (Å²) in [5.41, 5.74) is 1.16. The maximum absolute atomic E-state index is 5.64. The number of halogens is 1. The van der Waals surface area contributed by atoms with E-state index in [0.29, 0.717) is 19.3 Å². The van der Waals surface area contributed by atoms with Crippen molar-refractivity contribution in [1.29, 1.82) is 0 Å². The SMILES string of the molecule is CN=C(NCCCOCC1CCCO1)NCc1cc(C)oc1C.I. The Kier molecular flexibility index (Phi) is 10.4. The van der Waals surface area contributed by atoms with E-state index in [0.717, 1.165) is 62.1 Å². The number of guanidine groups is 1. The number of furan rings is 1. The molecule has 2 N–H and O–H groups in total. The molecule has 2 rings (SSSR count). The highest BCUT2D eigenvalue weighted by Crippen LogP contribution is 2.13. The molecule has 2 heterocycles. The van der Waals surface area contributed by atoms with E-state index < -0.39 is 0 Å². The molecule has 1 atom stereocenters. The molecule has 1 unspecified atom stereocenters. The van der Waals surface area contributed by atoms with Crippen LogP contribution in [0.1, 0.15) is 36.3 Å². The molecule has 1 saturated heterocycles. The second-order valence-corrected chi connectivity index (χ2v) is 5.85. The molecule has 6 nitrogen and oxygen atoms in total. The maximum atomic E-state index is 5.64. The normalized spacial score (nSPS) is 17.6. The Morgan fingerprint density at radius 2 is 2.21 bits per heavy atom. The molecule has 1 fully saturated rings. The lowest BCUT2D eigenvalue weighted by atomic mass is 10.2. The second kappa shape index (κ2) is 11.7. The van der Waals surface area contributed by atoms with E-state index in [2.05, 4.69) is 21.7 Å². The third-order valence-corrected chi connectivity index (χ3v) is 3.90. The van der Waals surface area contributed by atoms with Crippen LogP contribution in [-0.4, -0.2) is 45.5 Å². The monoisotopic (exact) mass is 451 g/mol. The summed E-state index contributed by atoms with van der Waals surface area (Å²) in [6, 6.07) is 2.05. The Labute approximate surface area is 161 Å². The Hall–Kier alpha value is -0.800. The van der Waals surface area contributed by atoms with E-state index in [4.69, 9.17) is 13.9 Å². The molecule has 1 aliphatic rings. The standard InChI is InChI=1S/C17H29N3O3.HI/c1-13-10-15(14(2)23-13)11-20-17(18-3)19-7-5-8-21-12-16-6-4-9-22-16;/h10,16H,4-9,11-12H2,1-3H3,(H2,18,19,20);1H. The van der Waals surface area contributed by atoms with Crippen LogP contribution >= 0.6 is 24.0 Å². The average molecular weight is 451 g/mol. The summed E-state index contributed by atoms with van der Waals surface area (Å²) in [4.78, 5) is 4.22. The summed E-state index contributed by atoms with van der Waals surface area (Å²) in [6.45, 7) is 7.81. The minimum atomic E-state index is 0. The number of nitrogens with zero attached hydrogens (tertiary/aromatic N) is 1. The Balaban J connectivity index is 0.00000288. The van der Waals surface area contributed by atoms with Crippen molar-refractivity contribution in [2.45, 2.75) is 45.8 Å². The van der Waals surface area contributed by atoms with Crippen LogP contribution < -0.4 is 10.6 Å². The Bertz CT molecular complexity index is 499.